The van der Waals surface area contributed by atoms with Crippen LogP contribution >= 0.6 is 0 Å². The van der Waals surface area contributed by atoms with Gasteiger partial charge < -0.3 is 10.5 Å². The molecule has 1 heterocycles. The van der Waals surface area contributed by atoms with E-state index in [0.717, 1.165) is 23.1 Å². The molecule has 0 aliphatic carbocycles. The summed E-state index contributed by atoms with van der Waals surface area (Å²) in [6.45, 7) is 2.80. The number of allylic oxidation sites excluding steroid dienone is 1. The van der Waals surface area contributed by atoms with Gasteiger partial charge in [0.15, 0.2) is 5.78 Å². The molecule has 1 aliphatic heterocycles. The molecule has 1 aliphatic rings. The maximum absolute atomic E-state index is 11.5. The molecule has 3 nitrogen and oxygen atoms in total. The van der Waals surface area contributed by atoms with E-state index >= 15 is 0 Å². The minimum Gasteiger partial charge on any atom is -0.501 e. The number of hydrogen-bond acceptors (Lipinski definition) is 3. The minimum absolute atomic E-state index is 0.0811. The van der Waals surface area contributed by atoms with Gasteiger partial charge in [0.1, 0.15) is 0 Å². The number of hydrogen-bond donors (Lipinski definition) is 1. The molecule has 0 bridgehead atoms. The Morgan fingerprint density at radius 2 is 2.12 bits per heavy atom. The molecule has 2 rings (SSSR count). The third-order valence-electron chi connectivity index (χ3n) is 3.13. The summed E-state index contributed by atoms with van der Waals surface area (Å²) in [4.78, 5) is 11.5. The Morgan fingerprint density at radius 3 is 2.71 bits per heavy atom. The lowest BCUT2D eigenvalue weighted by atomic mass is 9.86. The van der Waals surface area contributed by atoms with E-state index in [9.17, 15) is 4.79 Å². The van der Waals surface area contributed by atoms with Crippen LogP contribution in [0.2, 0.25) is 0 Å². The van der Waals surface area contributed by atoms with Gasteiger partial charge in [0.2, 0.25) is 0 Å². The molecular weight excluding hydrogens is 214 g/mol. The van der Waals surface area contributed by atoms with E-state index < -0.39 is 0 Å². The van der Waals surface area contributed by atoms with Crippen molar-refractivity contribution in [3.63, 3.8) is 0 Å². The Bertz CT molecular complexity index is 434. The van der Waals surface area contributed by atoms with Gasteiger partial charge >= 0.3 is 0 Å². The monoisotopic (exact) mass is 231 g/mol. The summed E-state index contributed by atoms with van der Waals surface area (Å²) in [6, 6.07) is 8.13. The lowest BCUT2D eigenvalue weighted by Crippen LogP contribution is -2.16. The third-order valence-corrected chi connectivity index (χ3v) is 3.13. The highest BCUT2D eigenvalue weighted by molar-refractivity contribution is 5.94. The maximum atomic E-state index is 11.5. The van der Waals surface area contributed by atoms with Crippen LogP contribution < -0.4 is 5.73 Å². The first-order valence-electron chi connectivity index (χ1n) is 5.84. The number of Topliss-reactive ketones (excluding diaryl/α,β-unsaturated/α-hetero) is 1. The number of rotatable bonds is 3. The minimum atomic E-state index is 0.0811. The molecule has 0 amide bonds. The Kier molecular flexibility index (Phi) is 3.59. The van der Waals surface area contributed by atoms with Gasteiger partial charge in [-0.2, -0.15) is 0 Å². The third kappa shape index (κ3) is 2.56. The lowest BCUT2D eigenvalue weighted by molar-refractivity contribution is -0.114. The topological polar surface area (TPSA) is 52.3 Å². The Balaban J connectivity index is 2.28. The largest absolute Gasteiger partial charge is 0.501 e. The highest BCUT2D eigenvalue weighted by Gasteiger charge is 2.23. The average molecular weight is 231 g/mol. The van der Waals surface area contributed by atoms with E-state index in [2.05, 4.69) is 12.1 Å². The van der Waals surface area contributed by atoms with Crippen LogP contribution in [0.15, 0.2) is 36.1 Å². The Hall–Kier alpha value is -1.61. The van der Waals surface area contributed by atoms with Crippen molar-refractivity contribution in [2.75, 3.05) is 6.61 Å². The van der Waals surface area contributed by atoms with E-state index in [-0.39, 0.29) is 11.7 Å². The molecule has 0 spiro atoms. The molecular formula is C14H17NO2. The molecule has 2 N–H and O–H groups in total. The molecule has 0 aromatic heterocycles. The van der Waals surface area contributed by atoms with Crippen LogP contribution in [-0.4, -0.2) is 12.4 Å². The van der Waals surface area contributed by atoms with E-state index in [4.69, 9.17) is 10.5 Å². The summed E-state index contributed by atoms with van der Waals surface area (Å²) in [5.41, 5.74) is 8.59. The summed E-state index contributed by atoms with van der Waals surface area (Å²) >= 11 is 0. The first kappa shape index (κ1) is 11.9. The van der Waals surface area contributed by atoms with E-state index in [1.807, 2.05) is 12.1 Å². The van der Waals surface area contributed by atoms with Gasteiger partial charge in [-0.25, -0.2) is 0 Å². The first-order chi connectivity index (χ1) is 8.22. The summed E-state index contributed by atoms with van der Waals surface area (Å²) < 4.78 is 5.24. The summed E-state index contributed by atoms with van der Waals surface area (Å²) in [5.74, 6) is 0.241. The fourth-order valence-electron chi connectivity index (χ4n) is 2.13. The van der Waals surface area contributed by atoms with Crippen molar-refractivity contribution in [1.29, 1.82) is 0 Å². The van der Waals surface area contributed by atoms with Crippen molar-refractivity contribution < 1.29 is 9.53 Å². The van der Waals surface area contributed by atoms with Gasteiger partial charge in [-0.15, -0.1) is 0 Å². The van der Waals surface area contributed by atoms with Gasteiger partial charge in [-0.05, 0) is 24.5 Å². The summed E-state index contributed by atoms with van der Waals surface area (Å²) in [6.07, 6.45) is 2.46. The van der Waals surface area contributed by atoms with Crippen LogP contribution in [0.4, 0.5) is 0 Å². The Morgan fingerprint density at radius 1 is 1.41 bits per heavy atom. The van der Waals surface area contributed by atoms with Crippen LogP contribution in [0.3, 0.4) is 0 Å². The smallest absolute Gasteiger partial charge is 0.159 e. The van der Waals surface area contributed by atoms with Crippen LogP contribution in [-0.2, 0) is 16.1 Å². The molecule has 0 fully saturated rings. The van der Waals surface area contributed by atoms with Crippen molar-refractivity contribution in [3.05, 3.63) is 47.2 Å². The summed E-state index contributed by atoms with van der Waals surface area (Å²) in [7, 11) is 0. The summed E-state index contributed by atoms with van der Waals surface area (Å²) in [5, 5.41) is 0. The molecule has 0 saturated carbocycles. The lowest BCUT2D eigenvalue weighted by Gasteiger charge is -2.23. The highest BCUT2D eigenvalue weighted by Crippen LogP contribution is 2.31. The van der Waals surface area contributed by atoms with Gasteiger partial charge in [0.25, 0.3) is 0 Å². The van der Waals surface area contributed by atoms with Gasteiger partial charge in [-0.3, -0.25) is 4.79 Å². The second-order valence-electron chi connectivity index (χ2n) is 4.29. The fourth-order valence-corrected chi connectivity index (χ4v) is 2.13. The zero-order valence-electron chi connectivity index (χ0n) is 9.98. The van der Waals surface area contributed by atoms with E-state index in [1.165, 1.54) is 0 Å². The molecule has 0 radical (unpaired) electrons. The van der Waals surface area contributed by atoms with Crippen LogP contribution in [0.1, 0.15) is 30.4 Å². The molecule has 1 atom stereocenters. The second kappa shape index (κ2) is 5.15. The molecule has 3 heteroatoms. The zero-order valence-corrected chi connectivity index (χ0v) is 9.98. The molecule has 90 valence electrons. The van der Waals surface area contributed by atoms with Crippen LogP contribution in [0.25, 0.3) is 0 Å². The Labute approximate surface area is 101 Å². The number of carbonyl (C=O) groups is 1. The second-order valence-corrected chi connectivity index (χ2v) is 4.29. The number of benzene rings is 1. The van der Waals surface area contributed by atoms with Gasteiger partial charge in [0, 0.05) is 18.0 Å². The molecule has 1 unspecified atom stereocenters. The van der Waals surface area contributed by atoms with E-state index in [0.29, 0.717) is 13.2 Å². The van der Waals surface area contributed by atoms with Crippen molar-refractivity contribution in [1.82, 2.24) is 0 Å². The SMILES string of the molecule is CC(=O)C1=COCCC1c1ccc(CN)cc1. The first-order valence-corrected chi connectivity index (χ1v) is 5.84. The maximum Gasteiger partial charge on any atom is 0.159 e. The number of ether oxygens (including phenoxy) is 1. The number of carbonyl (C=O) groups excluding carboxylic acids is 1. The van der Waals surface area contributed by atoms with Gasteiger partial charge in [-0.1, -0.05) is 24.3 Å². The van der Waals surface area contributed by atoms with Crippen molar-refractivity contribution >= 4 is 5.78 Å². The van der Waals surface area contributed by atoms with Crippen molar-refractivity contribution in [2.45, 2.75) is 25.8 Å². The normalized spacial score (nSPS) is 19.4. The molecule has 17 heavy (non-hydrogen) atoms. The molecule has 0 saturated heterocycles. The van der Waals surface area contributed by atoms with Crippen molar-refractivity contribution in [3.8, 4) is 0 Å². The standard InChI is InChI=1S/C14H17NO2/c1-10(16)14-9-17-7-6-13(14)12-4-2-11(8-15)3-5-12/h2-5,9,13H,6-8,15H2,1H3. The van der Waals surface area contributed by atoms with Crippen LogP contribution in [0, 0.1) is 0 Å². The number of nitrogens with two attached hydrogens (primary N) is 1. The highest BCUT2D eigenvalue weighted by atomic mass is 16.5. The zero-order chi connectivity index (χ0) is 12.3. The molecule has 1 aromatic carbocycles. The van der Waals surface area contributed by atoms with Gasteiger partial charge in [0.05, 0.1) is 12.9 Å². The predicted molar refractivity (Wildman–Crippen MR) is 66.4 cm³/mol. The number of ketones is 1. The molecule has 1 aromatic rings. The van der Waals surface area contributed by atoms with Crippen LogP contribution in [0.5, 0.6) is 0 Å². The quantitative estimate of drug-likeness (QED) is 0.867. The van der Waals surface area contributed by atoms with Crippen molar-refractivity contribution in [2.24, 2.45) is 5.73 Å². The fraction of sp³-hybridized carbons (Fsp3) is 0.357. The average Bonchev–Trinajstić information content (AvgIpc) is 2.39. The van der Waals surface area contributed by atoms with E-state index in [1.54, 1.807) is 13.2 Å². The predicted octanol–water partition coefficient (Wildman–Crippen LogP) is 2.12.